The van der Waals surface area contributed by atoms with Gasteiger partial charge in [0, 0.05) is 37.0 Å². The van der Waals surface area contributed by atoms with E-state index in [0.29, 0.717) is 25.1 Å². The second kappa shape index (κ2) is 5.78. The van der Waals surface area contributed by atoms with Crippen LogP contribution >= 0.6 is 0 Å². The highest BCUT2D eigenvalue weighted by molar-refractivity contribution is 6.00. The predicted octanol–water partition coefficient (Wildman–Crippen LogP) is 0.724. The number of benzene rings is 1. The number of aromatic nitrogens is 2. The van der Waals surface area contributed by atoms with E-state index in [4.69, 9.17) is 0 Å². The van der Waals surface area contributed by atoms with Crippen molar-refractivity contribution in [2.24, 2.45) is 0 Å². The number of fused-ring (bicyclic) bond motifs is 1. The molecular formula is C15H16N4O2. The number of nitrogens with one attached hydrogen (secondary N) is 2. The number of amides is 2. The summed E-state index contributed by atoms with van der Waals surface area (Å²) in [5.74, 6) is -0.218. The normalized spacial score (nSPS) is 13.3. The van der Waals surface area contributed by atoms with Crippen LogP contribution in [0.15, 0.2) is 36.8 Å². The third kappa shape index (κ3) is 2.94. The first-order valence-corrected chi connectivity index (χ1v) is 6.85. The average Bonchev–Trinajstić information content (AvgIpc) is 3.09. The molecule has 6 nitrogen and oxygen atoms in total. The summed E-state index contributed by atoms with van der Waals surface area (Å²) >= 11 is 0. The molecule has 1 aliphatic heterocycles. The molecule has 6 heteroatoms. The van der Waals surface area contributed by atoms with Crippen molar-refractivity contribution in [1.29, 1.82) is 0 Å². The van der Waals surface area contributed by atoms with Crippen LogP contribution in [-0.2, 0) is 17.8 Å². The first kappa shape index (κ1) is 13.4. The first-order valence-electron chi connectivity index (χ1n) is 6.85. The van der Waals surface area contributed by atoms with Crippen LogP contribution in [0.5, 0.6) is 0 Å². The molecule has 1 aromatic heterocycles. The number of rotatable bonds is 5. The van der Waals surface area contributed by atoms with Crippen LogP contribution in [0, 0.1) is 0 Å². The fourth-order valence-corrected chi connectivity index (χ4v) is 2.43. The van der Waals surface area contributed by atoms with Gasteiger partial charge in [-0.25, -0.2) is 4.98 Å². The van der Waals surface area contributed by atoms with Gasteiger partial charge in [0.1, 0.15) is 6.54 Å². The summed E-state index contributed by atoms with van der Waals surface area (Å²) in [7, 11) is 0. The summed E-state index contributed by atoms with van der Waals surface area (Å²) in [6, 6.07) is 7.46. The minimum absolute atomic E-state index is 0.0747. The number of hydrogen-bond donors (Lipinski definition) is 2. The lowest BCUT2D eigenvalue weighted by Crippen LogP contribution is -2.38. The molecule has 21 heavy (non-hydrogen) atoms. The summed E-state index contributed by atoms with van der Waals surface area (Å²) < 4.78 is 0. The number of H-pyrrole nitrogens is 1. The fraction of sp³-hybridized carbons (Fsp3) is 0.267. The third-order valence-electron chi connectivity index (χ3n) is 3.50. The molecule has 0 bridgehead atoms. The Bertz CT molecular complexity index is 651. The van der Waals surface area contributed by atoms with Crippen LogP contribution in [0.25, 0.3) is 0 Å². The molecular weight excluding hydrogens is 268 g/mol. The van der Waals surface area contributed by atoms with E-state index in [-0.39, 0.29) is 18.4 Å². The van der Waals surface area contributed by atoms with E-state index in [1.807, 2.05) is 18.2 Å². The molecule has 0 saturated heterocycles. The largest absolute Gasteiger partial charge is 0.354 e. The smallest absolute Gasteiger partial charge is 0.254 e. The minimum atomic E-state index is -0.143. The lowest BCUT2D eigenvalue weighted by molar-refractivity contribution is -0.121. The number of hydrogen-bond acceptors (Lipinski definition) is 3. The van der Waals surface area contributed by atoms with Crippen molar-refractivity contribution in [3.8, 4) is 0 Å². The Hall–Kier alpha value is -2.63. The molecule has 0 spiro atoms. The number of imidazole rings is 1. The molecule has 1 aliphatic rings. The van der Waals surface area contributed by atoms with Gasteiger partial charge in [-0.05, 0) is 11.6 Å². The molecule has 0 atom stereocenters. The number of nitrogens with zero attached hydrogens (tertiary/aromatic N) is 2. The monoisotopic (exact) mass is 284 g/mol. The van der Waals surface area contributed by atoms with Crippen molar-refractivity contribution in [2.45, 2.75) is 13.0 Å². The van der Waals surface area contributed by atoms with E-state index in [1.54, 1.807) is 23.5 Å². The summed E-state index contributed by atoms with van der Waals surface area (Å²) in [6.07, 6.45) is 4.03. The number of carbonyl (C=O) groups excluding carboxylic acids is 2. The maximum atomic E-state index is 12.1. The predicted molar refractivity (Wildman–Crippen MR) is 76.5 cm³/mol. The Morgan fingerprint density at radius 3 is 3.00 bits per heavy atom. The molecule has 0 saturated carbocycles. The van der Waals surface area contributed by atoms with Crippen molar-refractivity contribution in [3.63, 3.8) is 0 Å². The Morgan fingerprint density at radius 1 is 1.38 bits per heavy atom. The lowest BCUT2D eigenvalue weighted by Gasteiger charge is -2.15. The molecule has 1 aromatic carbocycles. The third-order valence-corrected chi connectivity index (χ3v) is 3.50. The van der Waals surface area contributed by atoms with Crippen LogP contribution in [0.4, 0.5) is 0 Å². The molecule has 0 fully saturated rings. The maximum Gasteiger partial charge on any atom is 0.254 e. The Balaban J connectivity index is 1.49. The van der Waals surface area contributed by atoms with E-state index < -0.39 is 0 Å². The first-order chi connectivity index (χ1) is 10.2. The highest BCUT2D eigenvalue weighted by Crippen LogP contribution is 2.21. The van der Waals surface area contributed by atoms with Crippen LogP contribution in [0.2, 0.25) is 0 Å². The van der Waals surface area contributed by atoms with Crippen LogP contribution in [0.3, 0.4) is 0 Å². The van der Waals surface area contributed by atoms with Crippen molar-refractivity contribution >= 4 is 11.8 Å². The Morgan fingerprint density at radius 2 is 2.24 bits per heavy atom. The van der Waals surface area contributed by atoms with Crippen LogP contribution < -0.4 is 5.32 Å². The van der Waals surface area contributed by atoms with E-state index in [0.717, 1.165) is 11.3 Å². The quantitative estimate of drug-likeness (QED) is 0.849. The molecule has 0 radical (unpaired) electrons. The number of carbonyl (C=O) groups is 2. The number of aromatic amines is 1. The van der Waals surface area contributed by atoms with Gasteiger partial charge >= 0.3 is 0 Å². The van der Waals surface area contributed by atoms with Gasteiger partial charge in [-0.15, -0.1) is 0 Å². The topological polar surface area (TPSA) is 78.1 Å². The van der Waals surface area contributed by atoms with Gasteiger partial charge in [0.2, 0.25) is 5.91 Å². The summed E-state index contributed by atoms with van der Waals surface area (Å²) in [5, 5.41) is 2.81. The van der Waals surface area contributed by atoms with Crippen molar-refractivity contribution in [1.82, 2.24) is 20.2 Å². The van der Waals surface area contributed by atoms with Crippen LogP contribution in [0.1, 0.15) is 21.6 Å². The van der Waals surface area contributed by atoms with E-state index in [2.05, 4.69) is 15.3 Å². The summed E-state index contributed by atoms with van der Waals surface area (Å²) in [4.78, 5) is 32.5. The van der Waals surface area contributed by atoms with Crippen LogP contribution in [-0.4, -0.2) is 39.8 Å². The zero-order chi connectivity index (χ0) is 14.7. The van der Waals surface area contributed by atoms with Gasteiger partial charge in [-0.2, -0.15) is 0 Å². The lowest BCUT2D eigenvalue weighted by atomic mass is 10.1. The van der Waals surface area contributed by atoms with Gasteiger partial charge in [0.15, 0.2) is 0 Å². The van der Waals surface area contributed by atoms with Gasteiger partial charge in [-0.3, -0.25) is 9.59 Å². The minimum Gasteiger partial charge on any atom is -0.354 e. The fourth-order valence-electron chi connectivity index (χ4n) is 2.43. The molecule has 2 aromatic rings. The summed E-state index contributed by atoms with van der Waals surface area (Å²) in [5.41, 5.74) is 2.65. The highest BCUT2D eigenvalue weighted by atomic mass is 16.2. The molecule has 3 rings (SSSR count). The van der Waals surface area contributed by atoms with Gasteiger partial charge in [-0.1, -0.05) is 18.2 Å². The van der Waals surface area contributed by atoms with E-state index in [1.165, 1.54) is 0 Å². The van der Waals surface area contributed by atoms with Crippen molar-refractivity contribution in [3.05, 3.63) is 53.6 Å². The van der Waals surface area contributed by atoms with Gasteiger partial charge < -0.3 is 15.2 Å². The molecule has 2 amide bonds. The van der Waals surface area contributed by atoms with E-state index >= 15 is 0 Å². The molecule has 108 valence electrons. The van der Waals surface area contributed by atoms with Gasteiger partial charge in [0.05, 0.1) is 6.33 Å². The van der Waals surface area contributed by atoms with Gasteiger partial charge in [0.25, 0.3) is 5.91 Å². The second-order valence-electron chi connectivity index (χ2n) is 5.00. The standard InChI is InChI=1S/C15H16N4O2/c20-14(17-6-5-12-7-16-10-18-12)9-19-8-11-3-1-2-4-13(11)15(19)21/h1-4,7,10H,5-6,8-9H2,(H,16,18)(H,17,20). The van der Waals surface area contributed by atoms with Crippen molar-refractivity contribution in [2.75, 3.05) is 13.1 Å². The molecule has 0 aliphatic carbocycles. The zero-order valence-electron chi connectivity index (χ0n) is 11.5. The molecule has 2 heterocycles. The molecule has 0 unspecified atom stereocenters. The zero-order valence-corrected chi connectivity index (χ0v) is 11.5. The second-order valence-corrected chi connectivity index (χ2v) is 5.00. The molecule has 2 N–H and O–H groups in total. The van der Waals surface area contributed by atoms with E-state index in [9.17, 15) is 9.59 Å². The average molecular weight is 284 g/mol. The highest BCUT2D eigenvalue weighted by Gasteiger charge is 2.27. The van der Waals surface area contributed by atoms with Crippen molar-refractivity contribution < 1.29 is 9.59 Å². The Labute approximate surface area is 122 Å². The Kier molecular flexibility index (Phi) is 3.68. The maximum absolute atomic E-state index is 12.1. The SMILES string of the molecule is O=C(CN1Cc2ccccc2C1=O)NCCc1cnc[nH]1. The summed E-state index contributed by atoms with van der Waals surface area (Å²) in [6.45, 7) is 1.12.